The van der Waals surface area contributed by atoms with Gasteiger partial charge in [-0.15, -0.1) is 11.3 Å². The van der Waals surface area contributed by atoms with E-state index in [1.54, 1.807) is 6.07 Å². The van der Waals surface area contributed by atoms with Crippen LogP contribution in [0.1, 0.15) is 18.7 Å². The molecule has 0 spiro atoms. The molecule has 0 aliphatic carbocycles. The van der Waals surface area contributed by atoms with E-state index in [0.29, 0.717) is 10.2 Å². The van der Waals surface area contributed by atoms with Crippen LogP contribution in [0.3, 0.4) is 0 Å². The van der Waals surface area contributed by atoms with Crippen LogP contribution in [0.15, 0.2) is 15.7 Å². The number of fused-ring (bicyclic) bond motifs is 1. The molecular formula is C11H12N2O4S. The van der Waals surface area contributed by atoms with Crippen LogP contribution in [-0.4, -0.2) is 20.6 Å². The number of carboxylic acids is 1. The van der Waals surface area contributed by atoms with Crippen LogP contribution in [-0.2, 0) is 10.3 Å². The second kappa shape index (κ2) is 3.81. The number of nitrogens with zero attached hydrogens (tertiary/aromatic N) is 1. The summed E-state index contributed by atoms with van der Waals surface area (Å²) in [5.74, 6) is -1.23. The Morgan fingerprint density at radius 2 is 2.06 bits per heavy atom. The largest absolute Gasteiger partial charge is 0.480 e. The van der Waals surface area contributed by atoms with E-state index >= 15 is 0 Å². The molecule has 7 heteroatoms. The van der Waals surface area contributed by atoms with Crippen LogP contribution in [0.5, 0.6) is 0 Å². The van der Waals surface area contributed by atoms with E-state index in [1.807, 2.05) is 6.92 Å². The number of rotatable bonds is 2. The van der Waals surface area contributed by atoms with Crippen molar-refractivity contribution in [2.24, 2.45) is 0 Å². The second-order valence-corrected chi connectivity index (χ2v) is 5.79. The highest BCUT2D eigenvalue weighted by Crippen LogP contribution is 2.20. The van der Waals surface area contributed by atoms with Crippen molar-refractivity contribution in [3.05, 3.63) is 31.8 Å². The fraction of sp³-hybridized carbons (Fsp3) is 0.364. The molecule has 2 aromatic rings. The Hall–Kier alpha value is -1.89. The molecular weight excluding hydrogens is 256 g/mol. The minimum absolute atomic E-state index is 0.339. The molecule has 2 aromatic heterocycles. The first-order valence-electron chi connectivity index (χ1n) is 5.24. The SMILES string of the molecule is Cc1cc2c(=O)n(C(C)(C)C(=O)O)c(=O)[nH]c2s1. The smallest absolute Gasteiger partial charge is 0.330 e. The van der Waals surface area contributed by atoms with Gasteiger partial charge in [0, 0.05) is 4.88 Å². The molecule has 0 aliphatic rings. The first kappa shape index (κ1) is 12.6. The van der Waals surface area contributed by atoms with Crippen molar-refractivity contribution in [2.45, 2.75) is 26.3 Å². The highest BCUT2D eigenvalue weighted by atomic mass is 32.1. The number of aliphatic carboxylic acids is 1. The van der Waals surface area contributed by atoms with Crippen LogP contribution in [0.25, 0.3) is 10.2 Å². The van der Waals surface area contributed by atoms with Gasteiger partial charge >= 0.3 is 11.7 Å². The molecule has 0 bridgehead atoms. The average Bonchev–Trinajstić information content (AvgIpc) is 2.58. The monoisotopic (exact) mass is 268 g/mol. The molecule has 0 unspecified atom stereocenters. The van der Waals surface area contributed by atoms with Gasteiger partial charge in [0.15, 0.2) is 0 Å². The number of nitrogens with one attached hydrogen (secondary N) is 1. The molecule has 0 fully saturated rings. The quantitative estimate of drug-likeness (QED) is 0.845. The molecule has 0 atom stereocenters. The maximum atomic E-state index is 12.2. The van der Waals surface area contributed by atoms with Gasteiger partial charge in [0.05, 0.1) is 5.39 Å². The first-order chi connectivity index (χ1) is 8.25. The van der Waals surface area contributed by atoms with Crippen LogP contribution in [0, 0.1) is 6.92 Å². The summed E-state index contributed by atoms with van der Waals surface area (Å²) in [6.45, 7) is 4.45. The molecule has 0 saturated heterocycles. The molecule has 2 N–H and O–H groups in total. The lowest BCUT2D eigenvalue weighted by atomic mass is 10.1. The molecule has 6 nitrogen and oxygen atoms in total. The number of H-pyrrole nitrogens is 1. The van der Waals surface area contributed by atoms with E-state index in [1.165, 1.54) is 25.2 Å². The fourth-order valence-corrected chi connectivity index (χ4v) is 2.63. The maximum absolute atomic E-state index is 12.2. The Bertz CT molecular complexity index is 750. The van der Waals surface area contributed by atoms with Crippen LogP contribution >= 0.6 is 11.3 Å². The molecule has 0 aromatic carbocycles. The van der Waals surface area contributed by atoms with Gasteiger partial charge < -0.3 is 5.11 Å². The van der Waals surface area contributed by atoms with Gasteiger partial charge in [-0.1, -0.05) is 0 Å². The topological polar surface area (TPSA) is 92.2 Å². The van der Waals surface area contributed by atoms with Gasteiger partial charge in [-0.2, -0.15) is 0 Å². The summed E-state index contributed by atoms with van der Waals surface area (Å²) >= 11 is 1.29. The van der Waals surface area contributed by atoms with Crippen molar-refractivity contribution in [1.29, 1.82) is 0 Å². The standard InChI is InChI=1S/C11H12N2O4S/c1-5-4-6-7(18-5)12-10(17)13(8(6)14)11(2,3)9(15)16/h4H,1-3H3,(H,12,17)(H,15,16). The van der Waals surface area contributed by atoms with Crippen LogP contribution in [0.4, 0.5) is 0 Å². The Morgan fingerprint density at radius 1 is 1.44 bits per heavy atom. The van der Waals surface area contributed by atoms with Gasteiger partial charge in [-0.3, -0.25) is 9.78 Å². The van der Waals surface area contributed by atoms with Crippen molar-refractivity contribution in [3.63, 3.8) is 0 Å². The van der Waals surface area contributed by atoms with E-state index in [4.69, 9.17) is 5.11 Å². The fourth-order valence-electron chi connectivity index (χ4n) is 1.74. The number of hydrogen-bond acceptors (Lipinski definition) is 4. The minimum Gasteiger partial charge on any atom is -0.480 e. The minimum atomic E-state index is -1.59. The highest BCUT2D eigenvalue weighted by Gasteiger charge is 2.33. The van der Waals surface area contributed by atoms with Gasteiger partial charge in [0.1, 0.15) is 10.4 Å². The summed E-state index contributed by atoms with van der Waals surface area (Å²) in [6.07, 6.45) is 0. The van der Waals surface area contributed by atoms with Gasteiger partial charge in [0.25, 0.3) is 5.56 Å². The molecule has 0 aliphatic heterocycles. The molecule has 18 heavy (non-hydrogen) atoms. The third kappa shape index (κ3) is 1.67. The van der Waals surface area contributed by atoms with Gasteiger partial charge in [-0.25, -0.2) is 14.2 Å². The summed E-state index contributed by atoms with van der Waals surface area (Å²) in [4.78, 5) is 39.1. The van der Waals surface area contributed by atoms with E-state index in [2.05, 4.69) is 4.98 Å². The molecule has 96 valence electrons. The Balaban J connectivity index is 2.93. The van der Waals surface area contributed by atoms with Crippen molar-refractivity contribution >= 4 is 27.5 Å². The number of carboxylic acid groups (broad SMARTS) is 1. The zero-order chi connectivity index (χ0) is 13.7. The predicted octanol–water partition coefficient (Wildman–Crippen LogP) is 0.879. The van der Waals surface area contributed by atoms with Gasteiger partial charge in [0.2, 0.25) is 0 Å². The predicted molar refractivity (Wildman–Crippen MR) is 68.4 cm³/mol. The number of thiophene rings is 1. The van der Waals surface area contributed by atoms with E-state index in [-0.39, 0.29) is 0 Å². The third-order valence-electron chi connectivity index (χ3n) is 2.79. The Morgan fingerprint density at radius 3 is 2.61 bits per heavy atom. The average molecular weight is 268 g/mol. The van der Waals surface area contributed by atoms with Crippen molar-refractivity contribution in [1.82, 2.24) is 9.55 Å². The zero-order valence-corrected chi connectivity index (χ0v) is 10.9. The zero-order valence-electron chi connectivity index (χ0n) is 10.1. The Kier molecular flexibility index (Phi) is 2.66. The Labute approximate surface area is 106 Å². The summed E-state index contributed by atoms with van der Waals surface area (Å²) in [7, 11) is 0. The van der Waals surface area contributed by atoms with Crippen molar-refractivity contribution in [2.75, 3.05) is 0 Å². The first-order valence-corrected chi connectivity index (χ1v) is 6.06. The lowest BCUT2D eigenvalue weighted by Crippen LogP contribution is -2.50. The summed E-state index contributed by atoms with van der Waals surface area (Å²) < 4.78 is 0.740. The number of aromatic nitrogens is 2. The van der Waals surface area contributed by atoms with E-state index < -0.39 is 22.8 Å². The van der Waals surface area contributed by atoms with Gasteiger partial charge in [-0.05, 0) is 26.8 Å². The maximum Gasteiger partial charge on any atom is 0.330 e. The molecule has 0 saturated carbocycles. The number of aromatic amines is 1. The summed E-state index contributed by atoms with van der Waals surface area (Å²) in [5, 5.41) is 9.45. The van der Waals surface area contributed by atoms with Crippen LogP contribution < -0.4 is 11.2 Å². The highest BCUT2D eigenvalue weighted by molar-refractivity contribution is 7.18. The lowest BCUT2D eigenvalue weighted by molar-refractivity contribution is -0.146. The van der Waals surface area contributed by atoms with E-state index in [9.17, 15) is 14.4 Å². The van der Waals surface area contributed by atoms with Crippen molar-refractivity contribution < 1.29 is 9.90 Å². The van der Waals surface area contributed by atoms with Crippen LogP contribution in [0.2, 0.25) is 0 Å². The molecule has 2 heterocycles. The molecule has 0 amide bonds. The molecule has 0 radical (unpaired) electrons. The van der Waals surface area contributed by atoms with E-state index in [0.717, 1.165) is 9.44 Å². The van der Waals surface area contributed by atoms with Crippen molar-refractivity contribution in [3.8, 4) is 0 Å². The summed E-state index contributed by atoms with van der Waals surface area (Å²) in [5.41, 5.74) is -2.87. The lowest BCUT2D eigenvalue weighted by Gasteiger charge is -2.20. The number of hydrogen-bond donors (Lipinski definition) is 2. The summed E-state index contributed by atoms with van der Waals surface area (Å²) in [6, 6.07) is 1.65. The third-order valence-corrected chi connectivity index (χ3v) is 3.76. The number of aryl methyl sites for hydroxylation is 1. The molecule has 2 rings (SSSR count). The second-order valence-electron chi connectivity index (χ2n) is 4.53. The number of carbonyl (C=O) groups is 1. The normalized spacial score (nSPS) is 11.9.